The molecule has 0 aromatic heterocycles. The van der Waals surface area contributed by atoms with Gasteiger partial charge in [0.25, 0.3) is 5.69 Å². The highest BCUT2D eigenvalue weighted by molar-refractivity contribution is 6.25. The molecule has 3 aromatic carbocycles. The number of benzene rings is 3. The minimum Gasteiger partial charge on any atom is -0.497 e. The van der Waals surface area contributed by atoms with E-state index in [1.807, 2.05) is 41.3 Å². The van der Waals surface area contributed by atoms with Crippen molar-refractivity contribution in [3.05, 3.63) is 88.5 Å². The van der Waals surface area contributed by atoms with Gasteiger partial charge in [-0.25, -0.2) is 4.90 Å². The maximum atomic E-state index is 14.1. The molecule has 3 heterocycles. The minimum absolute atomic E-state index is 0.117. The van der Waals surface area contributed by atoms with E-state index in [9.17, 15) is 24.5 Å². The minimum atomic E-state index is -1.03. The molecule has 0 unspecified atom stereocenters. The molecule has 0 aliphatic carbocycles. The predicted molar refractivity (Wildman–Crippen MR) is 146 cm³/mol. The largest absolute Gasteiger partial charge is 0.497 e. The van der Waals surface area contributed by atoms with E-state index >= 15 is 0 Å². The molecule has 0 spiro atoms. The molecule has 11 nitrogen and oxygen atoms in total. The number of carbonyl (C=O) groups excluding carboxylic acids is 3. The second-order valence-corrected chi connectivity index (χ2v) is 9.66. The molecular formula is C29H24N4O7. The first kappa shape index (κ1) is 25.1. The third kappa shape index (κ3) is 3.77. The fourth-order valence-electron chi connectivity index (χ4n) is 5.91. The Bertz CT molecular complexity index is 1590. The summed E-state index contributed by atoms with van der Waals surface area (Å²) in [6, 6.07) is 16.2. The van der Waals surface area contributed by atoms with E-state index in [0.29, 0.717) is 17.2 Å². The van der Waals surface area contributed by atoms with Gasteiger partial charge in [0, 0.05) is 29.6 Å². The Hall–Kier alpha value is -5.19. The Morgan fingerprint density at radius 3 is 2.35 bits per heavy atom. The van der Waals surface area contributed by atoms with Gasteiger partial charge < -0.3 is 19.7 Å². The molecule has 4 atom stereocenters. The number of amides is 3. The third-order valence-corrected chi connectivity index (χ3v) is 7.66. The van der Waals surface area contributed by atoms with Crippen LogP contribution < -0.4 is 24.6 Å². The van der Waals surface area contributed by atoms with Gasteiger partial charge in [0.1, 0.15) is 17.5 Å². The van der Waals surface area contributed by atoms with Crippen LogP contribution in [-0.4, -0.2) is 48.9 Å². The second-order valence-electron chi connectivity index (χ2n) is 9.66. The number of rotatable bonds is 6. The molecule has 2 saturated heterocycles. The number of fused-ring (bicyclic) bond motifs is 5. The average molecular weight is 541 g/mol. The smallest absolute Gasteiger partial charge is 0.269 e. The van der Waals surface area contributed by atoms with Crippen molar-refractivity contribution in [1.29, 1.82) is 0 Å². The number of carbonyl (C=O) groups is 3. The van der Waals surface area contributed by atoms with Crippen molar-refractivity contribution in [2.75, 3.05) is 29.3 Å². The van der Waals surface area contributed by atoms with Gasteiger partial charge in [0.15, 0.2) is 0 Å². The van der Waals surface area contributed by atoms with Crippen molar-refractivity contribution in [2.24, 2.45) is 11.8 Å². The molecule has 1 N–H and O–H groups in total. The fraction of sp³-hybridized carbons (Fsp3) is 0.207. The quantitative estimate of drug-likeness (QED) is 0.285. The first-order valence-electron chi connectivity index (χ1n) is 12.5. The van der Waals surface area contributed by atoms with Gasteiger partial charge in [0.05, 0.1) is 42.7 Å². The maximum absolute atomic E-state index is 14.1. The molecule has 6 rings (SSSR count). The van der Waals surface area contributed by atoms with Crippen LogP contribution in [0.1, 0.15) is 5.56 Å². The Labute approximate surface area is 228 Å². The normalized spacial score (nSPS) is 22.4. The summed E-state index contributed by atoms with van der Waals surface area (Å²) in [7, 11) is 2.93. The van der Waals surface area contributed by atoms with Crippen molar-refractivity contribution < 1.29 is 28.8 Å². The van der Waals surface area contributed by atoms with Gasteiger partial charge in [-0.3, -0.25) is 24.5 Å². The zero-order valence-electron chi connectivity index (χ0n) is 21.5. The predicted octanol–water partition coefficient (Wildman–Crippen LogP) is 3.64. The van der Waals surface area contributed by atoms with Crippen molar-refractivity contribution in [3.8, 4) is 11.5 Å². The molecule has 0 bridgehead atoms. The van der Waals surface area contributed by atoms with Gasteiger partial charge in [-0.15, -0.1) is 0 Å². The molecule has 202 valence electrons. The number of nitro benzene ring substituents is 1. The number of nitro groups is 1. The number of hydrogen-bond acceptors (Lipinski definition) is 8. The molecule has 11 heteroatoms. The molecule has 2 fully saturated rings. The maximum Gasteiger partial charge on any atom is 0.269 e. The molecule has 3 amide bonds. The number of ether oxygens (including phenoxy) is 2. The second kappa shape index (κ2) is 9.53. The van der Waals surface area contributed by atoms with E-state index in [4.69, 9.17) is 9.47 Å². The average Bonchev–Trinajstić information content (AvgIpc) is 3.45. The number of imide groups is 1. The van der Waals surface area contributed by atoms with Crippen LogP contribution in [0.5, 0.6) is 11.5 Å². The number of methoxy groups -OCH3 is 2. The lowest BCUT2D eigenvalue weighted by atomic mass is 9.88. The van der Waals surface area contributed by atoms with Crippen LogP contribution in [0.4, 0.5) is 22.7 Å². The highest BCUT2D eigenvalue weighted by atomic mass is 16.6. The van der Waals surface area contributed by atoms with Gasteiger partial charge in [-0.1, -0.05) is 30.4 Å². The summed E-state index contributed by atoms with van der Waals surface area (Å²) < 4.78 is 10.8. The van der Waals surface area contributed by atoms with Gasteiger partial charge in [0.2, 0.25) is 17.7 Å². The van der Waals surface area contributed by atoms with Crippen molar-refractivity contribution in [2.45, 2.75) is 12.1 Å². The zero-order valence-corrected chi connectivity index (χ0v) is 21.5. The van der Waals surface area contributed by atoms with Crippen molar-refractivity contribution >= 4 is 46.5 Å². The highest BCUT2D eigenvalue weighted by Crippen LogP contribution is 2.50. The lowest BCUT2D eigenvalue weighted by molar-refractivity contribution is -0.384. The number of hydrogen-bond donors (Lipinski definition) is 1. The standard InChI is InChI=1S/C29H24N4O7/c1-39-19-12-14-23(40-2)22(15-19)32-28(35)24-21-13-7-16-5-3-4-6-20(16)31(21)26(25(24)29(32)36)27(34)30-17-8-10-18(11-9-17)33(37)38/h3-15,21,24-26H,1-2H3,(H,30,34)/t21-,24-,25+,26-/m0/s1. The van der Waals surface area contributed by atoms with Crippen LogP contribution in [0, 0.1) is 22.0 Å². The summed E-state index contributed by atoms with van der Waals surface area (Å²) in [6.07, 6.45) is 3.76. The zero-order chi connectivity index (χ0) is 28.1. The molecule has 3 aromatic rings. The van der Waals surface area contributed by atoms with E-state index in [0.717, 1.165) is 16.2 Å². The van der Waals surface area contributed by atoms with E-state index < -0.39 is 46.6 Å². The molecule has 0 saturated carbocycles. The first-order valence-corrected chi connectivity index (χ1v) is 12.5. The summed E-state index contributed by atoms with van der Waals surface area (Å²) in [4.78, 5) is 55.5. The summed E-state index contributed by atoms with van der Waals surface area (Å²) in [5.74, 6) is -2.54. The van der Waals surface area contributed by atoms with Gasteiger partial charge >= 0.3 is 0 Å². The van der Waals surface area contributed by atoms with Crippen molar-refractivity contribution in [1.82, 2.24) is 0 Å². The van der Waals surface area contributed by atoms with Crippen LogP contribution in [-0.2, 0) is 14.4 Å². The Morgan fingerprint density at radius 2 is 1.65 bits per heavy atom. The first-order chi connectivity index (χ1) is 19.3. The van der Waals surface area contributed by atoms with Crippen LogP contribution in [0.15, 0.2) is 72.8 Å². The topological polar surface area (TPSA) is 131 Å². The summed E-state index contributed by atoms with van der Waals surface area (Å²) in [5, 5.41) is 13.9. The number of non-ortho nitro benzene ring substituents is 1. The fourth-order valence-corrected chi connectivity index (χ4v) is 5.91. The van der Waals surface area contributed by atoms with Crippen LogP contribution in [0.3, 0.4) is 0 Å². The van der Waals surface area contributed by atoms with Crippen molar-refractivity contribution in [3.63, 3.8) is 0 Å². The molecule has 3 aliphatic heterocycles. The van der Waals surface area contributed by atoms with E-state index in [2.05, 4.69) is 5.32 Å². The number of para-hydroxylation sites is 1. The summed E-state index contributed by atoms with van der Waals surface area (Å²) in [6.45, 7) is 0. The monoisotopic (exact) mass is 540 g/mol. The third-order valence-electron chi connectivity index (χ3n) is 7.66. The molecule has 0 radical (unpaired) electrons. The number of anilines is 3. The Morgan fingerprint density at radius 1 is 0.925 bits per heavy atom. The SMILES string of the molecule is COc1ccc(OC)c(N2C(=O)[C@@H]3[C@@H](C2=O)[C@@H]2C=Cc4ccccc4N2[C@@H]3C(=O)Nc2ccc([N+](=O)[O-])cc2)c1. The van der Waals surface area contributed by atoms with Gasteiger partial charge in [-0.2, -0.15) is 0 Å². The Balaban J connectivity index is 1.43. The summed E-state index contributed by atoms with van der Waals surface area (Å²) >= 11 is 0. The lowest BCUT2D eigenvalue weighted by Crippen LogP contribution is -2.50. The van der Waals surface area contributed by atoms with Crippen LogP contribution >= 0.6 is 0 Å². The van der Waals surface area contributed by atoms with Crippen LogP contribution in [0.2, 0.25) is 0 Å². The van der Waals surface area contributed by atoms with Crippen LogP contribution in [0.25, 0.3) is 6.08 Å². The van der Waals surface area contributed by atoms with E-state index in [1.165, 1.54) is 38.5 Å². The number of nitrogens with zero attached hydrogens (tertiary/aromatic N) is 3. The van der Waals surface area contributed by atoms with E-state index in [1.54, 1.807) is 18.2 Å². The van der Waals surface area contributed by atoms with E-state index in [-0.39, 0.29) is 11.4 Å². The molecule has 40 heavy (non-hydrogen) atoms. The highest BCUT2D eigenvalue weighted by Gasteiger charge is 2.64. The number of nitrogens with one attached hydrogen (secondary N) is 1. The Kier molecular flexibility index (Phi) is 5.98. The molecule has 3 aliphatic rings. The van der Waals surface area contributed by atoms with Gasteiger partial charge in [-0.05, 0) is 35.9 Å². The summed E-state index contributed by atoms with van der Waals surface area (Å²) in [5.41, 5.74) is 2.05. The molecular weight excluding hydrogens is 516 g/mol. The lowest BCUT2D eigenvalue weighted by Gasteiger charge is -2.36.